The maximum atomic E-state index is 13.1. The average Bonchev–Trinajstić information content (AvgIpc) is 2.28. The fourth-order valence-corrected chi connectivity index (χ4v) is 1.76. The van der Waals surface area contributed by atoms with Gasteiger partial charge in [-0.3, -0.25) is 0 Å². The molecule has 7 heteroatoms. The first-order chi connectivity index (χ1) is 7.97. The third-order valence-electron chi connectivity index (χ3n) is 2.57. The number of nitrogens with one attached hydrogen (secondary N) is 1. The summed E-state index contributed by atoms with van der Waals surface area (Å²) in [5.41, 5.74) is -0.711. The molecule has 0 amide bonds. The Morgan fingerprint density at radius 2 is 1.94 bits per heavy atom. The zero-order valence-electron chi connectivity index (χ0n) is 9.26. The quantitative estimate of drug-likeness (QED) is 0.801. The minimum atomic E-state index is -4.54. The summed E-state index contributed by atoms with van der Waals surface area (Å²) in [5, 5.41) is 2.98. The Balaban J connectivity index is 0.00000162. The molecule has 1 atom stereocenters. The summed E-state index contributed by atoms with van der Waals surface area (Å²) in [6, 6.07) is 2.16. The summed E-state index contributed by atoms with van der Waals surface area (Å²) in [6.45, 7) is 1.31. The van der Waals surface area contributed by atoms with E-state index in [1.807, 2.05) is 0 Å². The van der Waals surface area contributed by atoms with Gasteiger partial charge in [0, 0.05) is 6.54 Å². The van der Waals surface area contributed by atoms with Crippen molar-refractivity contribution >= 4 is 12.4 Å². The van der Waals surface area contributed by atoms with Crippen molar-refractivity contribution in [3.8, 4) is 0 Å². The molecule has 1 aromatic carbocycles. The van der Waals surface area contributed by atoms with Crippen LogP contribution < -0.4 is 5.32 Å². The predicted octanol–water partition coefficient (Wildman–Crippen LogP) is 2.93. The van der Waals surface area contributed by atoms with E-state index in [9.17, 15) is 17.6 Å². The Bertz CT molecular complexity index is 405. The molecule has 0 saturated carbocycles. The molecule has 0 aliphatic carbocycles. The van der Waals surface area contributed by atoms with Gasteiger partial charge in [-0.25, -0.2) is 4.39 Å². The van der Waals surface area contributed by atoms with E-state index in [2.05, 4.69) is 5.32 Å². The molecule has 1 fully saturated rings. The van der Waals surface area contributed by atoms with Crippen molar-refractivity contribution in [2.24, 2.45) is 0 Å². The van der Waals surface area contributed by atoms with Crippen molar-refractivity contribution in [3.05, 3.63) is 35.1 Å². The van der Waals surface area contributed by atoms with Gasteiger partial charge >= 0.3 is 6.18 Å². The maximum Gasteiger partial charge on any atom is 0.416 e. The van der Waals surface area contributed by atoms with Crippen LogP contribution in [0.2, 0.25) is 0 Å². The molecule has 1 aliphatic rings. The second-order valence-electron chi connectivity index (χ2n) is 3.85. The Morgan fingerprint density at radius 3 is 2.50 bits per heavy atom. The zero-order valence-corrected chi connectivity index (χ0v) is 10.1. The van der Waals surface area contributed by atoms with Crippen LogP contribution >= 0.6 is 12.4 Å². The molecule has 18 heavy (non-hydrogen) atoms. The lowest BCUT2D eigenvalue weighted by Crippen LogP contribution is -2.34. The van der Waals surface area contributed by atoms with Crippen molar-refractivity contribution in [1.82, 2.24) is 5.32 Å². The first kappa shape index (κ1) is 15.2. The first-order valence-corrected chi connectivity index (χ1v) is 5.15. The number of rotatable bonds is 1. The van der Waals surface area contributed by atoms with E-state index in [1.165, 1.54) is 0 Å². The van der Waals surface area contributed by atoms with Crippen molar-refractivity contribution in [2.75, 3.05) is 19.8 Å². The molecule has 2 nitrogen and oxygen atoms in total. The number of halogens is 5. The molecule has 0 unspecified atom stereocenters. The number of alkyl halides is 3. The molecule has 1 aliphatic heterocycles. The van der Waals surface area contributed by atoms with Crippen molar-refractivity contribution < 1.29 is 22.3 Å². The number of ether oxygens (including phenoxy) is 1. The number of benzene rings is 1. The molecule has 0 spiro atoms. The number of hydrogen-bond acceptors (Lipinski definition) is 2. The van der Waals surface area contributed by atoms with Gasteiger partial charge in [0.1, 0.15) is 5.82 Å². The van der Waals surface area contributed by atoms with E-state index < -0.39 is 17.6 Å². The molecule has 0 radical (unpaired) electrons. The van der Waals surface area contributed by atoms with Gasteiger partial charge in [-0.05, 0) is 23.8 Å². The van der Waals surface area contributed by atoms with Gasteiger partial charge in [0.05, 0.1) is 24.8 Å². The van der Waals surface area contributed by atoms with Crippen LogP contribution in [0.4, 0.5) is 17.6 Å². The largest absolute Gasteiger partial charge is 0.416 e. The molecule has 1 aromatic rings. The van der Waals surface area contributed by atoms with E-state index in [4.69, 9.17) is 4.74 Å². The van der Waals surface area contributed by atoms with E-state index >= 15 is 0 Å². The molecular formula is C11H12ClF4NO. The van der Waals surface area contributed by atoms with Gasteiger partial charge in [-0.2, -0.15) is 13.2 Å². The minimum absolute atomic E-state index is 0. The Hall–Kier alpha value is -0.850. The molecule has 0 bridgehead atoms. The van der Waals surface area contributed by atoms with Gasteiger partial charge in [0.25, 0.3) is 0 Å². The van der Waals surface area contributed by atoms with Crippen LogP contribution in [0.3, 0.4) is 0 Å². The standard InChI is InChI=1S/C11H11F4NO.ClH/c12-9-4-7(10-6-17-2-1-16-10)3-8(5-9)11(13,14)15;/h3-5,10,16H,1-2,6H2;1H/t10-;/m1./s1. The normalized spacial score (nSPS) is 20.3. The van der Waals surface area contributed by atoms with Gasteiger partial charge in [-0.15, -0.1) is 12.4 Å². The van der Waals surface area contributed by atoms with Crippen LogP contribution in [0.15, 0.2) is 18.2 Å². The SMILES string of the molecule is Cl.Fc1cc([C@H]2COCCN2)cc(C(F)(F)F)c1. The third-order valence-corrected chi connectivity index (χ3v) is 2.57. The smallest absolute Gasteiger partial charge is 0.378 e. The lowest BCUT2D eigenvalue weighted by atomic mass is 10.0. The molecular weight excluding hydrogens is 274 g/mol. The van der Waals surface area contributed by atoms with Crippen LogP contribution in [-0.4, -0.2) is 19.8 Å². The van der Waals surface area contributed by atoms with Gasteiger partial charge in [-0.1, -0.05) is 0 Å². The molecule has 102 valence electrons. The highest BCUT2D eigenvalue weighted by Crippen LogP contribution is 2.32. The maximum absolute atomic E-state index is 13.1. The molecule has 1 saturated heterocycles. The molecule has 1 N–H and O–H groups in total. The fourth-order valence-electron chi connectivity index (χ4n) is 1.76. The van der Waals surface area contributed by atoms with Gasteiger partial charge in [0.2, 0.25) is 0 Å². The second kappa shape index (κ2) is 5.86. The predicted molar refractivity (Wildman–Crippen MR) is 60.2 cm³/mol. The molecule has 2 rings (SSSR count). The van der Waals surface area contributed by atoms with E-state index in [-0.39, 0.29) is 30.6 Å². The van der Waals surface area contributed by atoms with E-state index in [0.29, 0.717) is 19.2 Å². The van der Waals surface area contributed by atoms with Crippen LogP contribution in [0.1, 0.15) is 17.2 Å². The Kier molecular flexibility index (Phi) is 4.95. The third kappa shape index (κ3) is 3.57. The van der Waals surface area contributed by atoms with Crippen molar-refractivity contribution in [1.29, 1.82) is 0 Å². The van der Waals surface area contributed by atoms with Crippen LogP contribution in [0.5, 0.6) is 0 Å². The fraction of sp³-hybridized carbons (Fsp3) is 0.455. The average molecular weight is 286 g/mol. The lowest BCUT2D eigenvalue weighted by molar-refractivity contribution is -0.137. The number of morpholine rings is 1. The highest BCUT2D eigenvalue weighted by Gasteiger charge is 2.32. The van der Waals surface area contributed by atoms with Crippen LogP contribution in [0.25, 0.3) is 0 Å². The van der Waals surface area contributed by atoms with Gasteiger partial charge in [0.15, 0.2) is 0 Å². The Morgan fingerprint density at radius 1 is 1.22 bits per heavy atom. The van der Waals surface area contributed by atoms with Crippen molar-refractivity contribution in [2.45, 2.75) is 12.2 Å². The van der Waals surface area contributed by atoms with Gasteiger partial charge < -0.3 is 10.1 Å². The summed E-state index contributed by atoms with van der Waals surface area (Å²) in [7, 11) is 0. The monoisotopic (exact) mass is 285 g/mol. The minimum Gasteiger partial charge on any atom is -0.378 e. The number of hydrogen-bond donors (Lipinski definition) is 1. The van der Waals surface area contributed by atoms with Crippen molar-refractivity contribution in [3.63, 3.8) is 0 Å². The summed E-state index contributed by atoms with van der Waals surface area (Å²) in [4.78, 5) is 0. The topological polar surface area (TPSA) is 21.3 Å². The lowest BCUT2D eigenvalue weighted by Gasteiger charge is -2.24. The Labute approximate surface area is 108 Å². The summed E-state index contributed by atoms with van der Waals surface area (Å²) < 4.78 is 55.8. The van der Waals surface area contributed by atoms with Crippen LogP contribution in [-0.2, 0) is 10.9 Å². The van der Waals surface area contributed by atoms with E-state index in [1.54, 1.807) is 0 Å². The first-order valence-electron chi connectivity index (χ1n) is 5.15. The zero-order chi connectivity index (χ0) is 12.5. The molecule has 0 aromatic heterocycles. The second-order valence-corrected chi connectivity index (χ2v) is 3.85. The van der Waals surface area contributed by atoms with Crippen LogP contribution in [0, 0.1) is 5.82 Å². The molecule has 1 heterocycles. The summed E-state index contributed by atoms with van der Waals surface area (Å²) >= 11 is 0. The van der Waals surface area contributed by atoms with E-state index in [0.717, 1.165) is 12.1 Å². The summed E-state index contributed by atoms with van der Waals surface area (Å²) in [6.07, 6.45) is -4.54. The highest BCUT2D eigenvalue weighted by atomic mass is 35.5. The highest BCUT2D eigenvalue weighted by molar-refractivity contribution is 5.85. The summed E-state index contributed by atoms with van der Waals surface area (Å²) in [5.74, 6) is -0.887.